The highest BCUT2D eigenvalue weighted by Crippen LogP contribution is 2.40. The standard InChI is InChI=1S/C14H23N3O2/c1-15-13(12-8-16-10-17(12)2)11-3-5-19-14(7-11)4-6-18-9-14/h8,10-11,13,15H,3-7,9H2,1-2H3. The molecule has 5 nitrogen and oxygen atoms in total. The zero-order valence-electron chi connectivity index (χ0n) is 11.8. The summed E-state index contributed by atoms with van der Waals surface area (Å²) >= 11 is 0. The highest BCUT2D eigenvalue weighted by molar-refractivity contribution is 5.08. The number of aromatic nitrogens is 2. The molecule has 2 saturated heterocycles. The van der Waals surface area contributed by atoms with Crippen LogP contribution < -0.4 is 5.32 Å². The third-order valence-corrected chi connectivity index (χ3v) is 4.55. The van der Waals surface area contributed by atoms with Crippen LogP contribution in [0.5, 0.6) is 0 Å². The molecule has 1 aromatic rings. The maximum absolute atomic E-state index is 6.02. The Balaban J connectivity index is 1.78. The average Bonchev–Trinajstić information content (AvgIpc) is 3.02. The van der Waals surface area contributed by atoms with E-state index in [1.54, 1.807) is 0 Å². The van der Waals surface area contributed by atoms with Crippen LogP contribution in [0.15, 0.2) is 12.5 Å². The molecule has 1 aromatic heterocycles. The van der Waals surface area contributed by atoms with Gasteiger partial charge in [-0.3, -0.25) is 0 Å². The maximum atomic E-state index is 6.02. The fourth-order valence-electron chi connectivity index (χ4n) is 3.51. The normalized spacial score (nSPS) is 32.8. The predicted molar refractivity (Wildman–Crippen MR) is 71.9 cm³/mol. The Labute approximate surface area is 114 Å². The Morgan fingerprint density at radius 1 is 1.53 bits per heavy atom. The summed E-state index contributed by atoms with van der Waals surface area (Å²) < 4.78 is 13.7. The van der Waals surface area contributed by atoms with E-state index in [0.717, 1.165) is 39.1 Å². The second-order valence-corrected chi connectivity index (χ2v) is 5.78. The summed E-state index contributed by atoms with van der Waals surface area (Å²) in [5.74, 6) is 0.579. The lowest BCUT2D eigenvalue weighted by Gasteiger charge is -2.40. The molecule has 3 unspecified atom stereocenters. The van der Waals surface area contributed by atoms with Crippen LogP contribution in [0.1, 0.15) is 31.0 Å². The topological polar surface area (TPSA) is 48.3 Å². The summed E-state index contributed by atoms with van der Waals surface area (Å²) in [6.45, 7) is 2.43. The zero-order valence-corrected chi connectivity index (χ0v) is 11.8. The summed E-state index contributed by atoms with van der Waals surface area (Å²) in [5.41, 5.74) is 1.22. The van der Waals surface area contributed by atoms with Crippen molar-refractivity contribution in [3.63, 3.8) is 0 Å². The average molecular weight is 265 g/mol. The van der Waals surface area contributed by atoms with Crippen molar-refractivity contribution in [3.05, 3.63) is 18.2 Å². The van der Waals surface area contributed by atoms with Crippen molar-refractivity contribution in [1.82, 2.24) is 14.9 Å². The molecule has 0 amide bonds. The highest BCUT2D eigenvalue weighted by Gasteiger charge is 2.43. The molecule has 0 saturated carbocycles. The van der Waals surface area contributed by atoms with Crippen LogP contribution >= 0.6 is 0 Å². The van der Waals surface area contributed by atoms with Crippen LogP contribution in [0.25, 0.3) is 0 Å². The summed E-state index contributed by atoms with van der Waals surface area (Å²) in [6, 6.07) is 0.342. The third kappa shape index (κ3) is 2.42. The van der Waals surface area contributed by atoms with Crippen molar-refractivity contribution >= 4 is 0 Å². The smallest absolute Gasteiger partial charge is 0.0946 e. The van der Waals surface area contributed by atoms with Crippen LogP contribution in [-0.2, 0) is 16.5 Å². The number of imidazole rings is 1. The minimum absolute atomic E-state index is 0.0311. The first-order chi connectivity index (χ1) is 9.24. The molecule has 106 valence electrons. The first-order valence-electron chi connectivity index (χ1n) is 7.09. The minimum atomic E-state index is -0.0311. The summed E-state index contributed by atoms with van der Waals surface area (Å²) in [6.07, 6.45) is 7.04. The number of hydrogen-bond donors (Lipinski definition) is 1. The van der Waals surface area contributed by atoms with E-state index in [2.05, 4.69) is 21.9 Å². The van der Waals surface area contributed by atoms with Gasteiger partial charge in [-0.1, -0.05) is 0 Å². The number of rotatable bonds is 3. The molecule has 3 heterocycles. The van der Waals surface area contributed by atoms with E-state index in [4.69, 9.17) is 9.47 Å². The summed E-state index contributed by atoms with van der Waals surface area (Å²) in [7, 11) is 4.09. The van der Waals surface area contributed by atoms with Crippen molar-refractivity contribution in [2.75, 3.05) is 26.9 Å². The van der Waals surface area contributed by atoms with Crippen LogP contribution in [0.4, 0.5) is 0 Å². The van der Waals surface area contributed by atoms with Crippen LogP contribution in [0.3, 0.4) is 0 Å². The van der Waals surface area contributed by atoms with E-state index in [1.165, 1.54) is 5.69 Å². The van der Waals surface area contributed by atoms with Crippen molar-refractivity contribution < 1.29 is 9.47 Å². The number of ether oxygens (including phenoxy) is 2. The van der Waals surface area contributed by atoms with E-state index in [9.17, 15) is 0 Å². The first kappa shape index (κ1) is 13.1. The molecule has 0 radical (unpaired) electrons. The SMILES string of the molecule is CNC(c1cncn1C)C1CCOC2(CCOC2)C1. The first-order valence-corrected chi connectivity index (χ1v) is 7.09. The van der Waals surface area contributed by atoms with Crippen molar-refractivity contribution in [2.45, 2.75) is 30.9 Å². The molecular weight excluding hydrogens is 242 g/mol. The Morgan fingerprint density at radius 3 is 3.05 bits per heavy atom. The molecule has 0 aliphatic carbocycles. The fourth-order valence-corrected chi connectivity index (χ4v) is 3.51. The summed E-state index contributed by atoms with van der Waals surface area (Å²) in [4.78, 5) is 4.24. The highest BCUT2D eigenvalue weighted by atomic mass is 16.6. The molecule has 2 aliphatic rings. The molecule has 2 fully saturated rings. The van der Waals surface area contributed by atoms with Gasteiger partial charge in [0.15, 0.2) is 0 Å². The Hall–Kier alpha value is -0.910. The van der Waals surface area contributed by atoms with E-state index in [-0.39, 0.29) is 5.60 Å². The van der Waals surface area contributed by atoms with Gasteiger partial charge in [-0.25, -0.2) is 4.98 Å². The molecule has 3 atom stereocenters. The van der Waals surface area contributed by atoms with E-state index in [1.807, 2.05) is 19.6 Å². The molecule has 3 rings (SSSR count). The Bertz CT molecular complexity index is 426. The van der Waals surface area contributed by atoms with E-state index < -0.39 is 0 Å². The molecule has 0 bridgehead atoms. The van der Waals surface area contributed by atoms with E-state index in [0.29, 0.717) is 12.0 Å². The van der Waals surface area contributed by atoms with Crippen molar-refractivity contribution in [1.29, 1.82) is 0 Å². The lowest BCUT2D eigenvalue weighted by Crippen LogP contribution is -2.44. The second-order valence-electron chi connectivity index (χ2n) is 5.78. The predicted octanol–water partition coefficient (Wildman–Crippen LogP) is 1.27. The molecule has 5 heteroatoms. The van der Waals surface area contributed by atoms with Gasteiger partial charge in [-0.2, -0.15) is 0 Å². The van der Waals surface area contributed by atoms with Gasteiger partial charge in [0.1, 0.15) is 0 Å². The maximum Gasteiger partial charge on any atom is 0.0946 e. The van der Waals surface area contributed by atoms with Crippen LogP contribution in [-0.4, -0.2) is 42.0 Å². The number of hydrogen-bond acceptors (Lipinski definition) is 4. The molecule has 1 N–H and O–H groups in total. The Morgan fingerprint density at radius 2 is 2.42 bits per heavy atom. The summed E-state index contributed by atoms with van der Waals surface area (Å²) in [5, 5.41) is 3.46. The molecular formula is C14H23N3O2. The third-order valence-electron chi connectivity index (χ3n) is 4.55. The second kappa shape index (κ2) is 5.23. The Kier molecular flexibility index (Phi) is 3.60. The molecule has 0 aromatic carbocycles. The van der Waals surface area contributed by atoms with Gasteiger partial charge in [0.2, 0.25) is 0 Å². The van der Waals surface area contributed by atoms with Gasteiger partial charge in [0, 0.05) is 32.9 Å². The lowest BCUT2D eigenvalue weighted by molar-refractivity contribution is -0.103. The van der Waals surface area contributed by atoms with Gasteiger partial charge in [0.05, 0.1) is 30.3 Å². The number of nitrogens with one attached hydrogen (secondary N) is 1. The minimum Gasteiger partial charge on any atom is -0.378 e. The quantitative estimate of drug-likeness (QED) is 0.894. The molecule has 1 spiro atoms. The van der Waals surface area contributed by atoms with Crippen LogP contribution in [0, 0.1) is 5.92 Å². The van der Waals surface area contributed by atoms with Crippen LogP contribution in [0.2, 0.25) is 0 Å². The monoisotopic (exact) mass is 265 g/mol. The van der Waals surface area contributed by atoms with Gasteiger partial charge >= 0.3 is 0 Å². The molecule has 19 heavy (non-hydrogen) atoms. The van der Waals surface area contributed by atoms with E-state index >= 15 is 0 Å². The van der Waals surface area contributed by atoms with Crippen molar-refractivity contribution in [3.8, 4) is 0 Å². The van der Waals surface area contributed by atoms with Gasteiger partial charge in [-0.15, -0.1) is 0 Å². The van der Waals surface area contributed by atoms with Gasteiger partial charge in [0.25, 0.3) is 0 Å². The zero-order chi connectivity index (χ0) is 13.3. The lowest BCUT2D eigenvalue weighted by atomic mass is 9.80. The number of aryl methyl sites for hydroxylation is 1. The van der Waals surface area contributed by atoms with Gasteiger partial charge < -0.3 is 19.4 Å². The fraction of sp³-hybridized carbons (Fsp3) is 0.786. The largest absolute Gasteiger partial charge is 0.378 e. The van der Waals surface area contributed by atoms with Crippen molar-refractivity contribution in [2.24, 2.45) is 13.0 Å². The molecule has 2 aliphatic heterocycles. The van der Waals surface area contributed by atoms with Gasteiger partial charge in [-0.05, 0) is 25.8 Å². The number of nitrogens with zero attached hydrogens (tertiary/aromatic N) is 2.